The Morgan fingerprint density at radius 1 is 1.35 bits per heavy atom. The second-order valence-corrected chi connectivity index (χ2v) is 9.64. The number of rotatable bonds is 9. The summed E-state index contributed by atoms with van der Waals surface area (Å²) in [6.07, 6.45) is 3.78. The molecule has 2 N–H and O–H groups in total. The Balaban J connectivity index is 1.60. The van der Waals surface area contributed by atoms with E-state index in [1.807, 2.05) is 6.07 Å². The molecule has 0 saturated carbocycles. The largest absolute Gasteiger partial charge is 0.489 e. The molecule has 168 valence electrons. The van der Waals surface area contributed by atoms with Crippen LogP contribution in [0.15, 0.2) is 48.7 Å². The summed E-state index contributed by atoms with van der Waals surface area (Å²) < 4.78 is 6.24. The summed E-state index contributed by atoms with van der Waals surface area (Å²) in [5.74, 6) is 1.94. The Kier molecular flexibility index (Phi) is 7.50. The summed E-state index contributed by atoms with van der Waals surface area (Å²) in [5.41, 5.74) is 2.60. The number of pyridine rings is 1. The molecule has 0 unspecified atom stereocenters. The molecule has 1 aromatic carbocycles. The third-order valence-electron chi connectivity index (χ3n) is 5.45. The molecule has 0 aliphatic carbocycles. The number of aromatic nitrogens is 1. The average molecular weight is 444 g/mol. The van der Waals surface area contributed by atoms with E-state index in [4.69, 9.17) is 16.3 Å². The molecule has 0 radical (unpaired) electrons. The first-order chi connectivity index (χ1) is 14.6. The number of ether oxygens (including phenoxy) is 1. The van der Waals surface area contributed by atoms with Gasteiger partial charge in [-0.1, -0.05) is 36.2 Å². The fourth-order valence-electron chi connectivity index (χ4n) is 3.85. The number of halogens is 1. The maximum atomic E-state index is 9.95. The van der Waals surface area contributed by atoms with Crippen LogP contribution >= 0.6 is 11.6 Å². The zero-order chi connectivity index (χ0) is 22.6. The molecule has 1 aromatic heterocycles. The van der Waals surface area contributed by atoms with Gasteiger partial charge in [0, 0.05) is 25.7 Å². The highest BCUT2D eigenvalue weighted by atomic mass is 35.5. The summed E-state index contributed by atoms with van der Waals surface area (Å²) in [5, 5.41) is 13.7. The highest BCUT2D eigenvalue weighted by Gasteiger charge is 2.27. The van der Waals surface area contributed by atoms with Gasteiger partial charge in [-0.25, -0.2) is 4.98 Å². The van der Waals surface area contributed by atoms with E-state index in [1.165, 1.54) is 11.1 Å². The van der Waals surface area contributed by atoms with Crippen molar-refractivity contribution in [1.82, 2.24) is 4.98 Å². The predicted octanol–water partition coefficient (Wildman–Crippen LogP) is 5.65. The standard InChI is InChI=1S/C25H34ClN3O2/c1-17(2)14-18(3)19-6-8-20(9-7-19)31-21-11-13-29(15-21)22-10-12-27-24(23(22)26)28-16-25(4,5)30/h6-10,12,18,21,30H,1,11,13-16H2,2-5H3,(H,27,28)/t18-,21-/m1/s1. The molecule has 1 saturated heterocycles. The van der Waals surface area contributed by atoms with Crippen LogP contribution in [0.3, 0.4) is 0 Å². The Bertz CT molecular complexity index is 893. The van der Waals surface area contributed by atoms with E-state index in [2.05, 4.69) is 59.9 Å². The van der Waals surface area contributed by atoms with Crippen LogP contribution < -0.4 is 15.0 Å². The molecule has 1 fully saturated rings. The van der Waals surface area contributed by atoms with Gasteiger partial charge in [-0.15, -0.1) is 6.58 Å². The first kappa shape index (κ1) is 23.4. The number of anilines is 2. The van der Waals surface area contributed by atoms with Crippen LogP contribution in [0.4, 0.5) is 11.5 Å². The summed E-state index contributed by atoms with van der Waals surface area (Å²) in [6.45, 7) is 13.8. The lowest BCUT2D eigenvalue weighted by molar-refractivity contribution is 0.0944. The molecule has 0 amide bonds. The fourth-order valence-corrected chi connectivity index (χ4v) is 4.15. The minimum Gasteiger partial charge on any atom is -0.489 e. The van der Waals surface area contributed by atoms with E-state index in [1.54, 1.807) is 20.0 Å². The minimum atomic E-state index is -0.842. The van der Waals surface area contributed by atoms with Crippen molar-refractivity contribution >= 4 is 23.1 Å². The van der Waals surface area contributed by atoms with Gasteiger partial charge < -0.3 is 20.1 Å². The molecule has 0 spiro atoms. The molecule has 3 rings (SSSR count). The summed E-state index contributed by atoms with van der Waals surface area (Å²) >= 11 is 6.61. The van der Waals surface area contributed by atoms with Gasteiger partial charge in [-0.2, -0.15) is 0 Å². The highest BCUT2D eigenvalue weighted by Crippen LogP contribution is 2.34. The SMILES string of the molecule is C=C(C)C[C@@H](C)c1ccc(O[C@@H]2CCN(c3ccnc(NCC(C)(C)O)c3Cl)C2)cc1. The van der Waals surface area contributed by atoms with E-state index in [9.17, 15) is 5.11 Å². The summed E-state index contributed by atoms with van der Waals surface area (Å²) in [7, 11) is 0. The van der Waals surface area contributed by atoms with Crippen molar-refractivity contribution in [2.24, 2.45) is 0 Å². The van der Waals surface area contributed by atoms with Crippen LogP contribution in [0.5, 0.6) is 5.75 Å². The number of benzene rings is 1. The third-order valence-corrected chi connectivity index (χ3v) is 5.82. The van der Waals surface area contributed by atoms with E-state index < -0.39 is 5.60 Å². The number of hydrogen-bond acceptors (Lipinski definition) is 5. The summed E-state index contributed by atoms with van der Waals surface area (Å²) in [4.78, 5) is 6.55. The minimum absolute atomic E-state index is 0.107. The molecular formula is C25H34ClN3O2. The van der Waals surface area contributed by atoms with Crippen LogP contribution in [0.25, 0.3) is 0 Å². The van der Waals surface area contributed by atoms with Crippen LogP contribution in [0.2, 0.25) is 5.02 Å². The van der Waals surface area contributed by atoms with Gasteiger partial charge in [0.25, 0.3) is 0 Å². The van der Waals surface area contributed by atoms with E-state index >= 15 is 0 Å². The molecule has 2 heterocycles. The summed E-state index contributed by atoms with van der Waals surface area (Å²) in [6, 6.07) is 10.3. The van der Waals surface area contributed by atoms with Crippen molar-refractivity contribution < 1.29 is 9.84 Å². The van der Waals surface area contributed by atoms with Gasteiger partial charge in [0.05, 0.1) is 17.8 Å². The van der Waals surface area contributed by atoms with Gasteiger partial charge >= 0.3 is 0 Å². The Hall–Kier alpha value is -2.24. The molecule has 1 aliphatic heterocycles. The van der Waals surface area contributed by atoms with E-state index in [0.29, 0.717) is 23.3 Å². The Labute approximate surface area is 191 Å². The lowest BCUT2D eigenvalue weighted by Crippen LogP contribution is -2.30. The second-order valence-electron chi connectivity index (χ2n) is 9.26. The third kappa shape index (κ3) is 6.62. The maximum Gasteiger partial charge on any atom is 0.146 e. The van der Waals surface area contributed by atoms with Gasteiger partial charge in [0.15, 0.2) is 0 Å². The van der Waals surface area contributed by atoms with Gasteiger partial charge in [0.2, 0.25) is 0 Å². The molecular weight excluding hydrogens is 410 g/mol. The number of nitrogens with one attached hydrogen (secondary N) is 1. The lowest BCUT2D eigenvalue weighted by atomic mass is 9.95. The monoisotopic (exact) mass is 443 g/mol. The number of hydrogen-bond donors (Lipinski definition) is 2. The fraction of sp³-hybridized carbons (Fsp3) is 0.480. The van der Waals surface area contributed by atoms with Crippen LogP contribution in [-0.2, 0) is 0 Å². The van der Waals surface area contributed by atoms with Crippen molar-refractivity contribution in [2.45, 2.75) is 58.2 Å². The van der Waals surface area contributed by atoms with Crippen molar-refractivity contribution in [3.05, 3.63) is 59.3 Å². The number of allylic oxidation sites excluding steroid dienone is 1. The molecule has 6 heteroatoms. The molecule has 1 aliphatic rings. The van der Waals surface area contributed by atoms with Crippen molar-refractivity contribution in [3.8, 4) is 5.75 Å². The van der Waals surface area contributed by atoms with Gasteiger partial charge in [-0.3, -0.25) is 0 Å². The Morgan fingerprint density at radius 2 is 2.06 bits per heavy atom. The predicted molar refractivity (Wildman–Crippen MR) is 130 cm³/mol. The smallest absolute Gasteiger partial charge is 0.146 e. The average Bonchev–Trinajstić information content (AvgIpc) is 3.14. The maximum absolute atomic E-state index is 9.95. The van der Waals surface area contributed by atoms with Crippen LogP contribution in [-0.4, -0.2) is 41.4 Å². The van der Waals surface area contributed by atoms with Gasteiger partial charge in [-0.05, 0) is 56.9 Å². The molecule has 0 bridgehead atoms. The molecule has 31 heavy (non-hydrogen) atoms. The second kappa shape index (κ2) is 9.92. The van der Waals surface area contributed by atoms with Crippen molar-refractivity contribution in [1.29, 1.82) is 0 Å². The zero-order valence-corrected chi connectivity index (χ0v) is 19.7. The lowest BCUT2D eigenvalue weighted by Gasteiger charge is -2.23. The molecule has 2 aromatic rings. The van der Waals surface area contributed by atoms with Crippen molar-refractivity contribution in [2.75, 3.05) is 29.9 Å². The van der Waals surface area contributed by atoms with Gasteiger partial charge in [0.1, 0.15) is 22.7 Å². The first-order valence-electron chi connectivity index (χ1n) is 10.9. The topological polar surface area (TPSA) is 57.6 Å². The number of aliphatic hydroxyl groups is 1. The zero-order valence-electron chi connectivity index (χ0n) is 19.0. The van der Waals surface area contributed by atoms with Crippen molar-refractivity contribution in [3.63, 3.8) is 0 Å². The molecule has 5 nitrogen and oxygen atoms in total. The Morgan fingerprint density at radius 3 is 2.71 bits per heavy atom. The van der Waals surface area contributed by atoms with E-state index in [0.717, 1.165) is 37.4 Å². The molecule has 2 atom stereocenters. The van der Waals surface area contributed by atoms with Crippen LogP contribution in [0, 0.1) is 0 Å². The normalized spacial score (nSPS) is 17.5. The quantitative estimate of drug-likeness (QED) is 0.491. The van der Waals surface area contributed by atoms with E-state index in [-0.39, 0.29) is 6.10 Å². The van der Waals surface area contributed by atoms with Crippen LogP contribution in [0.1, 0.15) is 52.0 Å². The number of nitrogens with zero attached hydrogens (tertiary/aromatic N) is 2. The highest BCUT2D eigenvalue weighted by molar-refractivity contribution is 6.35. The first-order valence-corrected chi connectivity index (χ1v) is 11.3.